The van der Waals surface area contributed by atoms with E-state index in [1.54, 1.807) is 0 Å². The van der Waals surface area contributed by atoms with Crippen LogP contribution in [0.2, 0.25) is 0 Å². The zero-order valence-corrected chi connectivity index (χ0v) is 9.01. The molecule has 66 valence electrons. The molecule has 11 heavy (non-hydrogen) atoms. The molecule has 0 aromatic rings. The lowest BCUT2D eigenvalue weighted by molar-refractivity contribution is 0.592. The summed E-state index contributed by atoms with van der Waals surface area (Å²) in [6.07, 6.45) is 3.36. The molecule has 2 atom stereocenters. The minimum Gasteiger partial charge on any atom is -0.259 e. The van der Waals surface area contributed by atoms with Gasteiger partial charge in [0.05, 0.1) is 0 Å². The quantitative estimate of drug-likeness (QED) is 0.661. The van der Waals surface area contributed by atoms with Gasteiger partial charge in [0.2, 0.25) is 0 Å². The molecule has 1 aliphatic heterocycles. The van der Waals surface area contributed by atoms with E-state index < -0.39 is 10.8 Å². The molecular formula is C7H14OS3. The molecule has 0 N–H and O–H groups in total. The average Bonchev–Trinajstić information content (AvgIpc) is 2.05. The highest BCUT2D eigenvalue weighted by Gasteiger charge is 2.27. The van der Waals surface area contributed by atoms with Crippen molar-refractivity contribution in [3.63, 3.8) is 0 Å². The molecule has 0 aliphatic carbocycles. The monoisotopic (exact) mass is 210 g/mol. The molecule has 1 saturated heterocycles. The van der Waals surface area contributed by atoms with Crippen molar-refractivity contribution in [2.45, 2.75) is 29.8 Å². The fraction of sp³-hybridized carbons (Fsp3) is 1.00. The van der Waals surface area contributed by atoms with Gasteiger partial charge < -0.3 is 0 Å². The number of thiol groups is 2. The van der Waals surface area contributed by atoms with Gasteiger partial charge in [-0.1, -0.05) is 6.42 Å². The first-order valence-electron chi connectivity index (χ1n) is 3.90. The van der Waals surface area contributed by atoms with Crippen LogP contribution in [0.1, 0.15) is 19.3 Å². The Bertz CT molecular complexity index is 135. The zero-order valence-electron chi connectivity index (χ0n) is 6.40. The molecule has 1 fully saturated rings. The van der Waals surface area contributed by atoms with E-state index in [4.69, 9.17) is 0 Å². The van der Waals surface area contributed by atoms with Crippen LogP contribution in [0.25, 0.3) is 0 Å². The second-order valence-electron chi connectivity index (χ2n) is 2.87. The third-order valence-corrected chi connectivity index (χ3v) is 5.61. The highest BCUT2D eigenvalue weighted by atomic mass is 32.2. The molecule has 0 radical (unpaired) electrons. The minimum atomic E-state index is -0.669. The standard InChI is InChI=1S/C7H14OS3/c8-11-6(4-9)2-1-3-7(11)5-10/h6-7,9-10H,1-5H2. The van der Waals surface area contributed by atoms with E-state index in [1.807, 2.05) is 0 Å². The van der Waals surface area contributed by atoms with Gasteiger partial charge in [0.1, 0.15) is 0 Å². The zero-order chi connectivity index (χ0) is 8.27. The SMILES string of the molecule is O=S1C(CS)CCCC1CS. The summed E-state index contributed by atoms with van der Waals surface area (Å²) in [5, 5.41) is 0.647. The first-order valence-corrected chi connectivity index (χ1v) is 6.44. The summed E-state index contributed by atoms with van der Waals surface area (Å²) in [6, 6.07) is 0. The molecule has 0 spiro atoms. The lowest BCUT2D eigenvalue weighted by Gasteiger charge is -2.26. The summed E-state index contributed by atoms with van der Waals surface area (Å²) in [6.45, 7) is 0. The molecular weight excluding hydrogens is 196 g/mol. The number of hydrogen-bond donors (Lipinski definition) is 2. The fourth-order valence-corrected chi connectivity index (χ4v) is 4.29. The minimum absolute atomic E-state index is 0.323. The largest absolute Gasteiger partial charge is 0.259 e. The molecule has 1 heterocycles. The van der Waals surface area contributed by atoms with Gasteiger partial charge in [-0.2, -0.15) is 25.3 Å². The molecule has 0 bridgehead atoms. The van der Waals surface area contributed by atoms with Crippen LogP contribution < -0.4 is 0 Å². The second kappa shape index (κ2) is 4.77. The van der Waals surface area contributed by atoms with Crippen molar-refractivity contribution in [3.8, 4) is 0 Å². The third kappa shape index (κ3) is 2.39. The fourth-order valence-electron chi connectivity index (χ4n) is 1.41. The van der Waals surface area contributed by atoms with E-state index in [-0.39, 0.29) is 0 Å². The van der Waals surface area contributed by atoms with Crippen LogP contribution in [0, 0.1) is 0 Å². The van der Waals surface area contributed by atoms with Crippen LogP contribution in [-0.4, -0.2) is 26.2 Å². The Balaban J connectivity index is 2.52. The van der Waals surface area contributed by atoms with Crippen LogP contribution in [0.15, 0.2) is 0 Å². The van der Waals surface area contributed by atoms with Crippen LogP contribution in [0.3, 0.4) is 0 Å². The van der Waals surface area contributed by atoms with Crippen LogP contribution >= 0.6 is 25.3 Å². The maximum Gasteiger partial charge on any atom is 0.0439 e. The van der Waals surface area contributed by atoms with E-state index in [1.165, 1.54) is 6.42 Å². The van der Waals surface area contributed by atoms with Crippen molar-refractivity contribution in [3.05, 3.63) is 0 Å². The maximum atomic E-state index is 11.6. The van der Waals surface area contributed by atoms with Crippen molar-refractivity contribution in [1.82, 2.24) is 0 Å². The Labute approximate surface area is 81.6 Å². The molecule has 1 nitrogen and oxygen atoms in total. The lowest BCUT2D eigenvalue weighted by Crippen LogP contribution is -2.33. The number of hydrogen-bond acceptors (Lipinski definition) is 3. The van der Waals surface area contributed by atoms with Gasteiger partial charge in [-0.3, -0.25) is 4.21 Å². The van der Waals surface area contributed by atoms with Gasteiger partial charge in [0.25, 0.3) is 0 Å². The first kappa shape index (κ1) is 9.93. The molecule has 0 amide bonds. The molecule has 4 heteroatoms. The van der Waals surface area contributed by atoms with Crippen molar-refractivity contribution < 1.29 is 4.21 Å². The molecule has 0 saturated carbocycles. The molecule has 1 rings (SSSR count). The van der Waals surface area contributed by atoms with Gasteiger partial charge in [-0.05, 0) is 12.8 Å². The molecule has 0 aromatic heterocycles. The van der Waals surface area contributed by atoms with E-state index in [2.05, 4.69) is 25.3 Å². The van der Waals surface area contributed by atoms with Crippen LogP contribution in [0.4, 0.5) is 0 Å². The summed E-state index contributed by atoms with van der Waals surface area (Å²) < 4.78 is 11.6. The first-order chi connectivity index (χ1) is 5.29. The second-order valence-corrected chi connectivity index (χ2v) is 5.59. The van der Waals surface area contributed by atoms with E-state index in [0.29, 0.717) is 10.5 Å². The van der Waals surface area contributed by atoms with Gasteiger partial charge in [0.15, 0.2) is 0 Å². The Morgan fingerprint density at radius 2 is 1.64 bits per heavy atom. The predicted molar refractivity (Wildman–Crippen MR) is 57.3 cm³/mol. The Morgan fingerprint density at radius 3 is 2.00 bits per heavy atom. The maximum absolute atomic E-state index is 11.6. The van der Waals surface area contributed by atoms with E-state index >= 15 is 0 Å². The highest BCUT2D eigenvalue weighted by Crippen LogP contribution is 2.23. The predicted octanol–water partition coefficient (Wildman–Crippen LogP) is 1.52. The number of rotatable bonds is 2. The van der Waals surface area contributed by atoms with E-state index in [9.17, 15) is 4.21 Å². The van der Waals surface area contributed by atoms with E-state index in [0.717, 1.165) is 24.3 Å². The Morgan fingerprint density at radius 1 is 1.18 bits per heavy atom. The van der Waals surface area contributed by atoms with Gasteiger partial charge >= 0.3 is 0 Å². The van der Waals surface area contributed by atoms with Gasteiger partial charge in [0, 0.05) is 32.8 Å². The summed E-state index contributed by atoms with van der Waals surface area (Å²) in [7, 11) is -0.669. The van der Waals surface area contributed by atoms with Gasteiger partial charge in [-0.15, -0.1) is 0 Å². The van der Waals surface area contributed by atoms with Crippen molar-refractivity contribution in [1.29, 1.82) is 0 Å². The van der Waals surface area contributed by atoms with Crippen LogP contribution in [-0.2, 0) is 10.8 Å². The van der Waals surface area contributed by atoms with Gasteiger partial charge in [-0.25, -0.2) is 0 Å². The normalized spacial score (nSPS) is 38.9. The summed E-state index contributed by atoms with van der Waals surface area (Å²) in [5.74, 6) is 1.52. The summed E-state index contributed by atoms with van der Waals surface area (Å²) in [5.41, 5.74) is 0. The van der Waals surface area contributed by atoms with Crippen molar-refractivity contribution >= 4 is 36.1 Å². The molecule has 0 aromatic carbocycles. The summed E-state index contributed by atoms with van der Waals surface area (Å²) >= 11 is 8.37. The third-order valence-electron chi connectivity index (χ3n) is 2.12. The smallest absolute Gasteiger partial charge is 0.0439 e. The topological polar surface area (TPSA) is 17.1 Å². The van der Waals surface area contributed by atoms with Crippen molar-refractivity contribution in [2.75, 3.05) is 11.5 Å². The Hall–Kier alpha value is 0.850. The van der Waals surface area contributed by atoms with Crippen molar-refractivity contribution in [2.24, 2.45) is 0 Å². The molecule has 1 aliphatic rings. The average molecular weight is 210 g/mol. The lowest BCUT2D eigenvalue weighted by atomic mass is 10.1. The molecule has 2 unspecified atom stereocenters. The highest BCUT2D eigenvalue weighted by molar-refractivity contribution is 7.89. The summed E-state index contributed by atoms with van der Waals surface area (Å²) in [4.78, 5) is 0. The van der Waals surface area contributed by atoms with Crippen LogP contribution in [0.5, 0.6) is 0 Å². The Kier molecular flexibility index (Phi) is 4.31.